The van der Waals surface area contributed by atoms with Crippen LogP contribution in [0.4, 0.5) is 5.69 Å². The maximum Gasteiger partial charge on any atom is 0.315 e. The van der Waals surface area contributed by atoms with Crippen molar-refractivity contribution in [2.75, 3.05) is 25.7 Å². The number of thioether (sulfide) groups is 1. The lowest BCUT2D eigenvalue weighted by atomic mass is 10.2. The molecule has 1 aromatic rings. The first-order valence-corrected chi connectivity index (χ1v) is 5.89. The first-order valence-electron chi connectivity index (χ1n) is 4.73. The molecule has 0 aromatic heterocycles. The Bertz CT molecular complexity index is 368. The highest BCUT2D eigenvalue weighted by atomic mass is 32.2. The molecule has 0 spiro atoms. The van der Waals surface area contributed by atoms with Gasteiger partial charge in [0, 0.05) is 17.5 Å². The molecule has 0 heterocycles. The highest BCUT2D eigenvalue weighted by Gasteiger charge is 2.03. The minimum Gasteiger partial charge on any atom is -0.497 e. The van der Waals surface area contributed by atoms with Gasteiger partial charge in [-0.2, -0.15) is 0 Å². The van der Waals surface area contributed by atoms with Crippen molar-refractivity contribution in [1.29, 1.82) is 0 Å². The Hall–Kier alpha value is -1.36. The zero-order chi connectivity index (χ0) is 12.0. The molecular formula is C11H15NO3S. The zero-order valence-corrected chi connectivity index (χ0v) is 10.2. The van der Waals surface area contributed by atoms with E-state index >= 15 is 0 Å². The highest BCUT2D eigenvalue weighted by molar-refractivity contribution is 7.99. The molecule has 0 unspecified atom stereocenters. The SMILES string of the molecule is COC(=O)CSCc1cc(N)cc(OC)c1. The average Bonchev–Trinajstić information content (AvgIpc) is 2.28. The fourth-order valence-corrected chi connectivity index (χ4v) is 1.99. The molecular weight excluding hydrogens is 226 g/mol. The number of nitrogen functional groups attached to an aromatic ring is 1. The number of benzene rings is 1. The fraction of sp³-hybridized carbons (Fsp3) is 0.364. The summed E-state index contributed by atoms with van der Waals surface area (Å²) >= 11 is 1.48. The Balaban J connectivity index is 2.53. The van der Waals surface area contributed by atoms with E-state index in [4.69, 9.17) is 10.5 Å². The normalized spacial score (nSPS) is 9.88. The summed E-state index contributed by atoms with van der Waals surface area (Å²) in [6.07, 6.45) is 0. The zero-order valence-electron chi connectivity index (χ0n) is 9.36. The highest BCUT2D eigenvalue weighted by Crippen LogP contribution is 2.22. The molecule has 0 atom stereocenters. The van der Waals surface area contributed by atoms with Crippen LogP contribution in [-0.2, 0) is 15.3 Å². The van der Waals surface area contributed by atoms with Crippen molar-refractivity contribution in [3.8, 4) is 5.75 Å². The van der Waals surface area contributed by atoms with Gasteiger partial charge in [0.25, 0.3) is 0 Å². The molecule has 5 heteroatoms. The largest absolute Gasteiger partial charge is 0.497 e. The predicted molar refractivity (Wildman–Crippen MR) is 65.6 cm³/mol. The van der Waals surface area contributed by atoms with Gasteiger partial charge in [0.2, 0.25) is 0 Å². The van der Waals surface area contributed by atoms with E-state index in [1.807, 2.05) is 12.1 Å². The third-order valence-corrected chi connectivity index (χ3v) is 2.92. The van der Waals surface area contributed by atoms with E-state index < -0.39 is 0 Å². The number of hydrogen-bond donors (Lipinski definition) is 1. The van der Waals surface area contributed by atoms with Crippen molar-refractivity contribution >= 4 is 23.4 Å². The number of esters is 1. The molecule has 0 fully saturated rings. The quantitative estimate of drug-likeness (QED) is 0.628. The van der Waals surface area contributed by atoms with Gasteiger partial charge in [-0.15, -0.1) is 11.8 Å². The Labute approximate surface area is 99.1 Å². The number of anilines is 1. The van der Waals surface area contributed by atoms with Crippen molar-refractivity contribution < 1.29 is 14.3 Å². The minimum atomic E-state index is -0.221. The van der Waals surface area contributed by atoms with E-state index in [9.17, 15) is 4.79 Å². The molecule has 88 valence electrons. The maximum absolute atomic E-state index is 10.9. The van der Waals surface area contributed by atoms with Crippen LogP contribution in [0.5, 0.6) is 5.75 Å². The van der Waals surface area contributed by atoms with Gasteiger partial charge in [0.15, 0.2) is 0 Å². The second kappa shape index (κ2) is 6.27. The standard InChI is InChI=1S/C11H15NO3S/c1-14-10-4-8(3-9(12)5-10)6-16-7-11(13)15-2/h3-5H,6-7,12H2,1-2H3. The van der Waals surface area contributed by atoms with Crippen LogP contribution in [0.1, 0.15) is 5.56 Å². The molecule has 2 N–H and O–H groups in total. The van der Waals surface area contributed by atoms with Gasteiger partial charge in [-0.1, -0.05) is 0 Å². The number of carbonyl (C=O) groups excluding carboxylic acids is 1. The van der Waals surface area contributed by atoms with Gasteiger partial charge in [0.05, 0.1) is 20.0 Å². The van der Waals surface area contributed by atoms with E-state index in [1.54, 1.807) is 13.2 Å². The predicted octanol–water partition coefficient (Wildman–Crippen LogP) is 1.68. The van der Waals surface area contributed by atoms with Crippen molar-refractivity contribution in [1.82, 2.24) is 0 Å². The van der Waals surface area contributed by atoms with Gasteiger partial charge in [-0.25, -0.2) is 0 Å². The Morgan fingerprint density at radius 3 is 2.75 bits per heavy atom. The summed E-state index contributed by atoms with van der Waals surface area (Å²) in [5.41, 5.74) is 7.41. The summed E-state index contributed by atoms with van der Waals surface area (Å²) in [5, 5.41) is 0. The van der Waals surface area contributed by atoms with E-state index in [0.29, 0.717) is 17.2 Å². The lowest BCUT2D eigenvalue weighted by Crippen LogP contribution is -2.03. The number of carbonyl (C=O) groups is 1. The van der Waals surface area contributed by atoms with Gasteiger partial charge in [-0.05, 0) is 17.7 Å². The molecule has 0 radical (unpaired) electrons. The summed E-state index contributed by atoms with van der Waals surface area (Å²) in [4.78, 5) is 10.9. The summed E-state index contributed by atoms with van der Waals surface area (Å²) in [6, 6.07) is 5.53. The van der Waals surface area contributed by atoms with E-state index in [-0.39, 0.29) is 5.97 Å². The van der Waals surface area contributed by atoms with Gasteiger partial charge in [-0.3, -0.25) is 4.79 Å². The van der Waals surface area contributed by atoms with Crippen LogP contribution < -0.4 is 10.5 Å². The summed E-state index contributed by atoms with van der Waals surface area (Å²) in [5.74, 6) is 1.55. The topological polar surface area (TPSA) is 61.5 Å². The first-order chi connectivity index (χ1) is 7.65. The van der Waals surface area contributed by atoms with Crippen molar-refractivity contribution in [2.45, 2.75) is 5.75 Å². The van der Waals surface area contributed by atoms with Crippen LogP contribution >= 0.6 is 11.8 Å². The lowest BCUT2D eigenvalue weighted by Gasteiger charge is -2.06. The summed E-state index contributed by atoms with van der Waals surface area (Å²) in [7, 11) is 2.98. The van der Waals surface area contributed by atoms with Crippen molar-refractivity contribution in [3.63, 3.8) is 0 Å². The molecule has 4 nitrogen and oxygen atoms in total. The molecule has 0 aliphatic carbocycles. The molecule has 0 aliphatic rings. The number of ether oxygens (including phenoxy) is 2. The van der Waals surface area contributed by atoms with Crippen molar-refractivity contribution in [3.05, 3.63) is 23.8 Å². The van der Waals surface area contributed by atoms with Gasteiger partial charge in [0.1, 0.15) is 5.75 Å². The van der Waals surface area contributed by atoms with Crippen LogP contribution in [0.15, 0.2) is 18.2 Å². The van der Waals surface area contributed by atoms with Crippen molar-refractivity contribution in [2.24, 2.45) is 0 Å². The third kappa shape index (κ3) is 4.02. The smallest absolute Gasteiger partial charge is 0.315 e. The number of rotatable bonds is 5. The van der Waals surface area contributed by atoms with Crippen LogP contribution in [0.3, 0.4) is 0 Å². The van der Waals surface area contributed by atoms with Gasteiger partial charge >= 0.3 is 5.97 Å². The number of nitrogens with two attached hydrogens (primary N) is 1. The third-order valence-electron chi connectivity index (χ3n) is 1.94. The lowest BCUT2D eigenvalue weighted by molar-refractivity contribution is -0.137. The van der Waals surface area contributed by atoms with E-state index in [0.717, 1.165) is 11.3 Å². The molecule has 16 heavy (non-hydrogen) atoms. The average molecular weight is 241 g/mol. The maximum atomic E-state index is 10.9. The summed E-state index contributed by atoms with van der Waals surface area (Å²) < 4.78 is 9.65. The number of hydrogen-bond acceptors (Lipinski definition) is 5. The Morgan fingerprint density at radius 2 is 2.12 bits per heavy atom. The van der Waals surface area contributed by atoms with Crippen LogP contribution in [0.25, 0.3) is 0 Å². The molecule has 0 aliphatic heterocycles. The van der Waals surface area contributed by atoms with E-state index in [2.05, 4.69) is 4.74 Å². The van der Waals surface area contributed by atoms with Crippen LogP contribution in [-0.4, -0.2) is 25.9 Å². The molecule has 0 bridgehead atoms. The Kier molecular flexibility index (Phi) is 4.98. The molecule has 0 amide bonds. The second-order valence-electron chi connectivity index (χ2n) is 3.18. The monoisotopic (exact) mass is 241 g/mol. The number of methoxy groups -OCH3 is 2. The van der Waals surface area contributed by atoms with Crippen LogP contribution in [0, 0.1) is 0 Å². The second-order valence-corrected chi connectivity index (χ2v) is 4.17. The molecule has 0 saturated heterocycles. The van der Waals surface area contributed by atoms with Gasteiger partial charge < -0.3 is 15.2 Å². The Morgan fingerprint density at radius 1 is 1.38 bits per heavy atom. The minimum absolute atomic E-state index is 0.221. The molecule has 0 saturated carbocycles. The first kappa shape index (κ1) is 12.7. The summed E-state index contributed by atoms with van der Waals surface area (Å²) in [6.45, 7) is 0. The molecule has 1 rings (SSSR count). The van der Waals surface area contributed by atoms with Crippen LogP contribution in [0.2, 0.25) is 0 Å². The fourth-order valence-electron chi connectivity index (χ4n) is 1.20. The van der Waals surface area contributed by atoms with E-state index in [1.165, 1.54) is 18.9 Å². The molecule has 1 aromatic carbocycles.